The summed E-state index contributed by atoms with van der Waals surface area (Å²) in [6, 6.07) is 5.09. The van der Waals surface area contributed by atoms with Crippen molar-refractivity contribution in [3.8, 4) is 5.75 Å². The third kappa shape index (κ3) is 2.81. The molecule has 3 rings (SSSR count). The zero-order valence-electron chi connectivity index (χ0n) is 13.4. The Morgan fingerprint density at radius 1 is 1.43 bits per heavy atom. The number of benzene rings is 1. The minimum Gasteiger partial charge on any atom is -0.496 e. The van der Waals surface area contributed by atoms with E-state index in [0.29, 0.717) is 29.6 Å². The van der Waals surface area contributed by atoms with Gasteiger partial charge in [-0.15, -0.1) is 0 Å². The quantitative estimate of drug-likeness (QED) is 0.788. The number of hydrogen-bond acceptors (Lipinski definition) is 3. The summed E-state index contributed by atoms with van der Waals surface area (Å²) in [5.41, 5.74) is 1.55. The molecule has 0 amide bonds. The molecule has 1 atom stereocenters. The lowest BCUT2D eigenvalue weighted by Crippen LogP contribution is -2.30. The molecule has 0 spiro atoms. The van der Waals surface area contributed by atoms with Gasteiger partial charge in [-0.3, -0.25) is 4.99 Å². The van der Waals surface area contributed by atoms with Gasteiger partial charge in [0.15, 0.2) is 0 Å². The van der Waals surface area contributed by atoms with E-state index < -0.39 is 0 Å². The van der Waals surface area contributed by atoms with Crippen molar-refractivity contribution < 1.29 is 9.13 Å². The number of hydrogen-bond donors (Lipinski definition) is 0. The van der Waals surface area contributed by atoms with E-state index >= 15 is 0 Å². The van der Waals surface area contributed by atoms with Gasteiger partial charge in [-0.05, 0) is 38.1 Å². The SMILES string of the molecule is COc1ccc(F)c2c1cc(C)n2C(C)CN1CN=CC=C1Cl. The molecule has 0 fully saturated rings. The van der Waals surface area contributed by atoms with Crippen LogP contribution in [-0.2, 0) is 0 Å². The molecule has 0 radical (unpaired) electrons. The summed E-state index contributed by atoms with van der Waals surface area (Å²) in [4.78, 5) is 6.18. The van der Waals surface area contributed by atoms with Crippen molar-refractivity contribution in [3.63, 3.8) is 0 Å². The van der Waals surface area contributed by atoms with E-state index in [4.69, 9.17) is 16.3 Å². The van der Waals surface area contributed by atoms with Gasteiger partial charge < -0.3 is 14.2 Å². The minimum atomic E-state index is -0.251. The summed E-state index contributed by atoms with van der Waals surface area (Å²) in [5, 5.41) is 1.44. The Hall–Kier alpha value is -2.01. The summed E-state index contributed by atoms with van der Waals surface area (Å²) >= 11 is 6.22. The van der Waals surface area contributed by atoms with Crippen molar-refractivity contribution in [2.45, 2.75) is 19.9 Å². The molecule has 1 aromatic carbocycles. The smallest absolute Gasteiger partial charge is 0.147 e. The number of ether oxygens (including phenoxy) is 1. The van der Waals surface area contributed by atoms with Crippen LogP contribution >= 0.6 is 11.6 Å². The monoisotopic (exact) mass is 335 g/mol. The number of aryl methyl sites for hydroxylation is 1. The van der Waals surface area contributed by atoms with Crippen LogP contribution < -0.4 is 4.74 Å². The first-order valence-electron chi connectivity index (χ1n) is 7.47. The Balaban J connectivity index is 2.00. The van der Waals surface area contributed by atoms with Crippen molar-refractivity contribution in [1.29, 1.82) is 0 Å². The van der Waals surface area contributed by atoms with Gasteiger partial charge in [0.05, 0.1) is 12.6 Å². The van der Waals surface area contributed by atoms with Crippen LogP contribution in [0.2, 0.25) is 0 Å². The highest BCUT2D eigenvalue weighted by molar-refractivity contribution is 6.30. The summed E-state index contributed by atoms with van der Waals surface area (Å²) in [5.74, 6) is 0.426. The molecular weight excluding hydrogens is 317 g/mol. The molecule has 0 saturated carbocycles. The van der Waals surface area contributed by atoms with Crippen LogP contribution in [0.5, 0.6) is 5.75 Å². The summed E-state index contributed by atoms with van der Waals surface area (Å²) in [7, 11) is 1.60. The van der Waals surface area contributed by atoms with Gasteiger partial charge in [0, 0.05) is 29.9 Å². The molecule has 0 bridgehead atoms. The zero-order valence-corrected chi connectivity index (χ0v) is 14.1. The third-order valence-electron chi connectivity index (χ3n) is 4.12. The van der Waals surface area contributed by atoms with Crippen LogP contribution in [0, 0.1) is 12.7 Å². The van der Waals surface area contributed by atoms with Crippen LogP contribution in [0.25, 0.3) is 10.9 Å². The van der Waals surface area contributed by atoms with Gasteiger partial charge in [0.2, 0.25) is 0 Å². The van der Waals surface area contributed by atoms with E-state index in [0.717, 1.165) is 11.1 Å². The predicted molar refractivity (Wildman–Crippen MR) is 91.9 cm³/mol. The van der Waals surface area contributed by atoms with E-state index in [1.807, 2.05) is 29.4 Å². The van der Waals surface area contributed by atoms with Crippen molar-refractivity contribution in [2.75, 3.05) is 20.3 Å². The molecule has 4 nitrogen and oxygen atoms in total. The second-order valence-electron chi connectivity index (χ2n) is 5.70. The summed E-state index contributed by atoms with van der Waals surface area (Å²) < 4.78 is 21.8. The van der Waals surface area contributed by atoms with E-state index in [-0.39, 0.29) is 11.9 Å². The molecule has 1 unspecified atom stereocenters. The van der Waals surface area contributed by atoms with Gasteiger partial charge >= 0.3 is 0 Å². The Kier molecular flexibility index (Phi) is 4.31. The lowest BCUT2D eigenvalue weighted by molar-refractivity contribution is 0.316. The number of halogens is 2. The zero-order chi connectivity index (χ0) is 16.6. The highest BCUT2D eigenvalue weighted by Crippen LogP contribution is 2.33. The number of nitrogens with zero attached hydrogens (tertiary/aromatic N) is 3. The van der Waals surface area contributed by atoms with Crippen molar-refractivity contribution in [2.24, 2.45) is 4.99 Å². The minimum absolute atomic E-state index is 0.0320. The van der Waals surface area contributed by atoms with Crippen LogP contribution in [0.3, 0.4) is 0 Å². The second kappa shape index (κ2) is 6.24. The van der Waals surface area contributed by atoms with Crippen molar-refractivity contribution in [1.82, 2.24) is 9.47 Å². The van der Waals surface area contributed by atoms with Gasteiger partial charge in [-0.1, -0.05) is 11.6 Å². The Labute approximate surface area is 139 Å². The first-order chi connectivity index (χ1) is 11.0. The maximum absolute atomic E-state index is 14.4. The molecule has 1 aliphatic heterocycles. The van der Waals surface area contributed by atoms with E-state index in [9.17, 15) is 4.39 Å². The number of allylic oxidation sites excluding steroid dienone is 1. The topological polar surface area (TPSA) is 29.8 Å². The molecule has 23 heavy (non-hydrogen) atoms. The Bertz CT molecular complexity index is 797. The number of aromatic nitrogens is 1. The maximum Gasteiger partial charge on any atom is 0.147 e. The maximum atomic E-state index is 14.4. The normalized spacial score (nSPS) is 15.9. The molecule has 0 saturated heterocycles. The van der Waals surface area contributed by atoms with Gasteiger partial charge in [-0.2, -0.15) is 0 Å². The van der Waals surface area contributed by atoms with Gasteiger partial charge in [-0.25, -0.2) is 4.39 Å². The number of fused-ring (bicyclic) bond motifs is 1. The summed E-state index contributed by atoms with van der Waals surface area (Å²) in [6.07, 6.45) is 3.46. The fraction of sp³-hybridized carbons (Fsp3) is 0.353. The first-order valence-corrected chi connectivity index (χ1v) is 7.85. The molecule has 2 heterocycles. The molecule has 122 valence electrons. The van der Waals surface area contributed by atoms with Crippen LogP contribution in [0.15, 0.2) is 34.4 Å². The van der Waals surface area contributed by atoms with E-state index in [1.54, 1.807) is 25.5 Å². The molecule has 1 aromatic heterocycles. The molecule has 0 N–H and O–H groups in total. The second-order valence-corrected chi connectivity index (χ2v) is 6.09. The van der Waals surface area contributed by atoms with Crippen LogP contribution in [-0.4, -0.2) is 36.0 Å². The lowest BCUT2D eigenvalue weighted by Gasteiger charge is -2.28. The Morgan fingerprint density at radius 2 is 2.22 bits per heavy atom. The average molecular weight is 336 g/mol. The molecule has 2 aromatic rings. The fourth-order valence-electron chi connectivity index (χ4n) is 3.13. The average Bonchev–Trinajstić information content (AvgIpc) is 2.88. The Morgan fingerprint density at radius 3 is 2.91 bits per heavy atom. The molecular formula is C17H19ClFN3O. The fourth-order valence-corrected chi connectivity index (χ4v) is 3.31. The molecule has 6 heteroatoms. The van der Waals surface area contributed by atoms with E-state index in [1.165, 1.54) is 6.07 Å². The van der Waals surface area contributed by atoms with Crippen molar-refractivity contribution >= 4 is 28.7 Å². The number of aliphatic imine (C=N–C) groups is 1. The predicted octanol–water partition coefficient (Wildman–Crippen LogP) is 4.08. The van der Waals surface area contributed by atoms with Gasteiger partial charge in [0.1, 0.15) is 23.4 Å². The lowest BCUT2D eigenvalue weighted by atomic mass is 10.2. The standard InChI is InChI=1S/C17H19ClFN3O/c1-11-8-13-15(23-3)5-4-14(19)17(13)22(11)12(2)9-21-10-20-7-6-16(21)18/h4-8,12H,9-10H2,1-3H3. The highest BCUT2D eigenvalue weighted by Gasteiger charge is 2.20. The highest BCUT2D eigenvalue weighted by atomic mass is 35.5. The third-order valence-corrected chi connectivity index (χ3v) is 4.48. The number of methoxy groups -OCH3 is 1. The van der Waals surface area contributed by atoms with Crippen molar-refractivity contribution in [3.05, 3.63) is 40.9 Å². The van der Waals surface area contributed by atoms with Crippen LogP contribution in [0.1, 0.15) is 18.7 Å². The summed E-state index contributed by atoms with van der Waals surface area (Å²) in [6.45, 7) is 5.19. The van der Waals surface area contributed by atoms with E-state index in [2.05, 4.69) is 4.99 Å². The molecule has 0 aliphatic carbocycles. The first kappa shape index (κ1) is 15.9. The number of rotatable bonds is 4. The van der Waals surface area contributed by atoms with Crippen LogP contribution in [0.4, 0.5) is 4.39 Å². The molecule has 1 aliphatic rings. The van der Waals surface area contributed by atoms with Gasteiger partial charge in [0.25, 0.3) is 0 Å². The largest absolute Gasteiger partial charge is 0.496 e.